The summed E-state index contributed by atoms with van der Waals surface area (Å²) in [5, 5.41) is 3.88. The smallest absolute Gasteiger partial charge is 0.271 e. The number of nitrogens with zero attached hydrogens (tertiary/aromatic N) is 2. The van der Waals surface area contributed by atoms with E-state index in [-0.39, 0.29) is 5.91 Å². The Bertz CT molecular complexity index is 784. The lowest BCUT2D eigenvalue weighted by Crippen LogP contribution is -2.17. The minimum atomic E-state index is -0.265. The predicted octanol–water partition coefficient (Wildman–Crippen LogP) is 3.14. The van der Waals surface area contributed by atoms with Gasteiger partial charge in [0.05, 0.1) is 6.21 Å². The molecule has 0 saturated heterocycles. The van der Waals surface area contributed by atoms with E-state index >= 15 is 0 Å². The predicted molar refractivity (Wildman–Crippen MR) is 84.3 cm³/mol. The number of hydrogen-bond donors (Lipinski definition) is 1. The van der Waals surface area contributed by atoms with Crippen LogP contribution in [-0.4, -0.2) is 16.7 Å². The van der Waals surface area contributed by atoms with Gasteiger partial charge in [0.1, 0.15) is 11.5 Å². The Morgan fingerprint density at radius 2 is 1.86 bits per heavy atom. The first kappa shape index (κ1) is 13.9. The van der Waals surface area contributed by atoms with Gasteiger partial charge in [-0.2, -0.15) is 5.10 Å². The van der Waals surface area contributed by atoms with Gasteiger partial charge < -0.3 is 8.98 Å². The van der Waals surface area contributed by atoms with Crippen LogP contribution in [-0.2, 0) is 0 Å². The Balaban J connectivity index is 1.64. The van der Waals surface area contributed by atoms with E-state index in [9.17, 15) is 4.79 Å². The van der Waals surface area contributed by atoms with E-state index in [1.54, 1.807) is 18.2 Å². The highest BCUT2D eigenvalue weighted by Gasteiger charge is 2.04. The number of carbonyl (C=O) groups excluding carboxylic acids is 1. The molecule has 22 heavy (non-hydrogen) atoms. The minimum Gasteiger partial charge on any atom is -0.460 e. The number of carbonyl (C=O) groups is 1. The zero-order valence-corrected chi connectivity index (χ0v) is 12.1. The highest BCUT2D eigenvalue weighted by Crippen LogP contribution is 2.10. The van der Waals surface area contributed by atoms with E-state index in [1.165, 1.54) is 6.21 Å². The molecule has 1 amide bonds. The maximum absolute atomic E-state index is 12.0. The summed E-state index contributed by atoms with van der Waals surface area (Å²) < 4.78 is 7.30. The van der Waals surface area contributed by atoms with Gasteiger partial charge in [0.2, 0.25) is 0 Å². The largest absolute Gasteiger partial charge is 0.460 e. The van der Waals surface area contributed by atoms with Crippen LogP contribution in [0, 0.1) is 6.92 Å². The third-order valence-electron chi connectivity index (χ3n) is 3.15. The zero-order valence-electron chi connectivity index (χ0n) is 12.1. The maximum atomic E-state index is 12.0. The Labute approximate surface area is 127 Å². The molecule has 0 unspecified atom stereocenters. The molecule has 0 atom stereocenters. The normalized spacial score (nSPS) is 11.0. The number of rotatable bonds is 4. The van der Waals surface area contributed by atoms with Gasteiger partial charge in [-0.25, -0.2) is 5.43 Å². The lowest BCUT2D eigenvalue weighted by atomic mass is 10.2. The monoisotopic (exact) mass is 293 g/mol. The topological polar surface area (TPSA) is 59.5 Å². The minimum absolute atomic E-state index is 0.265. The highest BCUT2D eigenvalue weighted by atomic mass is 16.3. The molecule has 1 N–H and O–H groups in total. The van der Waals surface area contributed by atoms with E-state index in [0.717, 1.165) is 11.4 Å². The van der Waals surface area contributed by atoms with E-state index in [4.69, 9.17) is 4.42 Å². The summed E-state index contributed by atoms with van der Waals surface area (Å²) >= 11 is 0. The van der Waals surface area contributed by atoms with Crippen molar-refractivity contribution in [3.63, 3.8) is 0 Å². The molecule has 110 valence electrons. The van der Waals surface area contributed by atoms with Crippen LogP contribution >= 0.6 is 0 Å². The maximum Gasteiger partial charge on any atom is 0.271 e. The number of aromatic nitrogens is 1. The lowest BCUT2D eigenvalue weighted by molar-refractivity contribution is 0.0955. The average molecular weight is 293 g/mol. The second-order valence-electron chi connectivity index (χ2n) is 4.78. The van der Waals surface area contributed by atoms with Crippen molar-refractivity contribution in [1.29, 1.82) is 0 Å². The van der Waals surface area contributed by atoms with Gasteiger partial charge in [-0.05, 0) is 55.5 Å². The standard InChI is InChI=1S/C17H15N3O2/c1-13-4-9-16(22-13)12-18-19-17(21)14-5-7-15(8-6-14)20-10-2-3-11-20/h2-12H,1H3,(H,19,21)/b18-12+. The fraction of sp³-hybridized carbons (Fsp3) is 0.0588. The Morgan fingerprint density at radius 1 is 1.14 bits per heavy atom. The Kier molecular flexibility index (Phi) is 3.87. The fourth-order valence-corrected chi connectivity index (χ4v) is 2.03. The van der Waals surface area contributed by atoms with Crippen LogP contribution < -0.4 is 5.43 Å². The molecule has 2 heterocycles. The number of aryl methyl sites for hydroxylation is 1. The first-order valence-electron chi connectivity index (χ1n) is 6.85. The average Bonchev–Trinajstić information content (AvgIpc) is 3.19. The molecule has 0 saturated carbocycles. The Hall–Kier alpha value is -3.08. The molecule has 2 aromatic heterocycles. The van der Waals surface area contributed by atoms with Crippen LogP contribution in [0.3, 0.4) is 0 Å². The van der Waals surface area contributed by atoms with E-state index in [1.807, 2.05) is 54.2 Å². The van der Waals surface area contributed by atoms with Gasteiger partial charge in [-0.3, -0.25) is 4.79 Å². The number of hydrazone groups is 1. The Morgan fingerprint density at radius 3 is 2.50 bits per heavy atom. The molecule has 0 spiro atoms. The summed E-state index contributed by atoms with van der Waals surface area (Å²) in [7, 11) is 0. The first-order valence-corrected chi connectivity index (χ1v) is 6.85. The third-order valence-corrected chi connectivity index (χ3v) is 3.15. The lowest BCUT2D eigenvalue weighted by Gasteiger charge is -2.04. The molecule has 0 bridgehead atoms. The summed E-state index contributed by atoms with van der Waals surface area (Å²) in [5.74, 6) is 1.13. The molecule has 0 aliphatic heterocycles. The molecule has 1 aromatic carbocycles. The van der Waals surface area contributed by atoms with Crippen LogP contribution in [0.5, 0.6) is 0 Å². The quantitative estimate of drug-likeness (QED) is 0.593. The summed E-state index contributed by atoms with van der Waals surface area (Å²) in [4.78, 5) is 12.0. The second-order valence-corrected chi connectivity index (χ2v) is 4.78. The molecule has 5 heteroatoms. The SMILES string of the molecule is Cc1ccc(/C=N/NC(=O)c2ccc(-n3cccc3)cc2)o1. The molecular formula is C17H15N3O2. The van der Waals surface area contributed by atoms with Crippen LogP contribution in [0.25, 0.3) is 5.69 Å². The summed E-state index contributed by atoms with van der Waals surface area (Å²) in [6, 6.07) is 14.8. The van der Waals surface area contributed by atoms with Gasteiger partial charge in [0.15, 0.2) is 0 Å². The molecule has 0 fully saturated rings. The zero-order chi connectivity index (χ0) is 15.4. The molecule has 0 aliphatic rings. The second kappa shape index (κ2) is 6.13. The van der Waals surface area contributed by atoms with Crippen molar-refractivity contribution in [3.8, 4) is 5.69 Å². The van der Waals surface area contributed by atoms with Gasteiger partial charge in [0, 0.05) is 23.6 Å². The van der Waals surface area contributed by atoms with Crippen LogP contribution in [0.15, 0.2) is 70.4 Å². The van der Waals surface area contributed by atoms with E-state index in [2.05, 4.69) is 10.5 Å². The van der Waals surface area contributed by atoms with Crippen molar-refractivity contribution < 1.29 is 9.21 Å². The molecule has 3 rings (SSSR count). The summed E-state index contributed by atoms with van der Waals surface area (Å²) in [6.07, 6.45) is 5.37. The van der Waals surface area contributed by atoms with Gasteiger partial charge in [-0.15, -0.1) is 0 Å². The number of benzene rings is 1. The van der Waals surface area contributed by atoms with E-state index in [0.29, 0.717) is 11.3 Å². The summed E-state index contributed by atoms with van der Waals surface area (Å²) in [5.41, 5.74) is 4.02. The van der Waals surface area contributed by atoms with Crippen molar-refractivity contribution in [2.75, 3.05) is 0 Å². The molecule has 5 nitrogen and oxygen atoms in total. The summed E-state index contributed by atoms with van der Waals surface area (Å²) in [6.45, 7) is 1.85. The van der Waals surface area contributed by atoms with Crippen molar-refractivity contribution in [3.05, 3.63) is 78.0 Å². The van der Waals surface area contributed by atoms with Crippen LogP contribution in [0.2, 0.25) is 0 Å². The van der Waals surface area contributed by atoms with Gasteiger partial charge >= 0.3 is 0 Å². The van der Waals surface area contributed by atoms with Gasteiger partial charge in [-0.1, -0.05) is 0 Å². The van der Waals surface area contributed by atoms with Crippen molar-refractivity contribution in [2.24, 2.45) is 5.10 Å². The molecule has 0 radical (unpaired) electrons. The molecule has 0 aliphatic carbocycles. The number of nitrogens with one attached hydrogen (secondary N) is 1. The van der Waals surface area contributed by atoms with Crippen LogP contribution in [0.4, 0.5) is 0 Å². The number of hydrogen-bond acceptors (Lipinski definition) is 3. The van der Waals surface area contributed by atoms with Crippen molar-refractivity contribution in [1.82, 2.24) is 9.99 Å². The van der Waals surface area contributed by atoms with Crippen molar-refractivity contribution >= 4 is 12.1 Å². The number of amides is 1. The number of furan rings is 1. The van der Waals surface area contributed by atoms with Crippen LogP contribution in [0.1, 0.15) is 21.9 Å². The third kappa shape index (κ3) is 3.15. The fourth-order valence-electron chi connectivity index (χ4n) is 2.03. The first-order chi connectivity index (χ1) is 10.7. The highest BCUT2D eigenvalue weighted by molar-refractivity contribution is 5.94. The van der Waals surface area contributed by atoms with Gasteiger partial charge in [0.25, 0.3) is 5.91 Å². The molecule has 3 aromatic rings. The molecular weight excluding hydrogens is 278 g/mol. The van der Waals surface area contributed by atoms with Crippen molar-refractivity contribution in [2.45, 2.75) is 6.92 Å². The van der Waals surface area contributed by atoms with E-state index < -0.39 is 0 Å².